The quantitative estimate of drug-likeness (QED) is 0.343. The molecule has 1 aliphatic rings. The Labute approximate surface area is 173 Å². The van der Waals surface area contributed by atoms with Crippen molar-refractivity contribution < 1.29 is 0 Å². The third-order valence-corrected chi connectivity index (χ3v) is 6.58. The number of aryl methyl sites for hydroxylation is 1. The molecule has 0 spiro atoms. The van der Waals surface area contributed by atoms with Gasteiger partial charge in [-0.3, -0.25) is 0 Å². The molecule has 2 aromatic carbocycles. The normalized spacial score (nSPS) is 17.1. The minimum Gasteiger partial charge on any atom is -0.0804 e. The lowest BCUT2D eigenvalue weighted by molar-refractivity contribution is 0.428. The van der Waals surface area contributed by atoms with E-state index in [9.17, 15) is 0 Å². The highest BCUT2D eigenvalue weighted by Gasteiger charge is 2.15. The number of hydrogen-bond acceptors (Lipinski definition) is 0. The minimum atomic E-state index is 0.927. The molecule has 0 nitrogen and oxygen atoms in total. The molecule has 0 radical (unpaired) electrons. The molecule has 28 heavy (non-hydrogen) atoms. The predicted molar refractivity (Wildman–Crippen MR) is 126 cm³/mol. The number of hydrogen-bond donors (Lipinski definition) is 0. The third-order valence-electron chi connectivity index (χ3n) is 6.58. The van der Waals surface area contributed by atoms with Crippen LogP contribution in [-0.2, 0) is 6.42 Å². The second kappa shape index (κ2) is 11.4. The van der Waals surface area contributed by atoms with Gasteiger partial charge in [-0.25, -0.2) is 0 Å². The molecule has 0 saturated carbocycles. The summed E-state index contributed by atoms with van der Waals surface area (Å²) in [6.45, 7) is 4.59. The lowest BCUT2D eigenvalue weighted by atomic mass is 9.83. The molecule has 152 valence electrons. The second-order valence-corrected chi connectivity index (χ2v) is 8.93. The van der Waals surface area contributed by atoms with Gasteiger partial charge in [-0.2, -0.15) is 0 Å². The first-order valence-corrected chi connectivity index (χ1v) is 12.0. The summed E-state index contributed by atoms with van der Waals surface area (Å²) in [6.07, 6.45) is 20.1. The number of allylic oxidation sites excluding steroid dienone is 2. The average molecular weight is 377 g/mol. The van der Waals surface area contributed by atoms with Crippen molar-refractivity contribution in [2.24, 2.45) is 5.92 Å². The molecule has 0 fully saturated rings. The van der Waals surface area contributed by atoms with Gasteiger partial charge >= 0.3 is 0 Å². The Balaban J connectivity index is 1.58. The number of fused-ring (bicyclic) bond motifs is 1. The fourth-order valence-electron chi connectivity index (χ4n) is 4.68. The number of unbranched alkanes of at least 4 members (excludes halogenated alkanes) is 6. The number of rotatable bonds is 11. The van der Waals surface area contributed by atoms with Gasteiger partial charge in [0.15, 0.2) is 0 Å². The summed E-state index contributed by atoms with van der Waals surface area (Å²) in [6, 6.07) is 14.2. The van der Waals surface area contributed by atoms with Crippen LogP contribution in [0.5, 0.6) is 0 Å². The fourth-order valence-corrected chi connectivity index (χ4v) is 4.68. The van der Waals surface area contributed by atoms with Crippen molar-refractivity contribution >= 4 is 16.3 Å². The van der Waals surface area contributed by atoms with Crippen molar-refractivity contribution in [2.45, 2.75) is 97.3 Å². The van der Waals surface area contributed by atoms with E-state index in [2.05, 4.69) is 56.3 Å². The lowest BCUT2D eigenvalue weighted by Crippen LogP contribution is -2.05. The van der Waals surface area contributed by atoms with E-state index in [0.717, 1.165) is 5.92 Å². The minimum absolute atomic E-state index is 0.927. The van der Waals surface area contributed by atoms with Gasteiger partial charge in [0.2, 0.25) is 0 Å². The van der Waals surface area contributed by atoms with E-state index in [1.165, 1.54) is 105 Å². The molecular weight excluding hydrogens is 336 g/mol. The molecule has 0 aliphatic heterocycles. The molecule has 1 unspecified atom stereocenters. The molecule has 0 N–H and O–H groups in total. The Morgan fingerprint density at radius 1 is 0.786 bits per heavy atom. The second-order valence-electron chi connectivity index (χ2n) is 8.93. The van der Waals surface area contributed by atoms with Gasteiger partial charge in [0.25, 0.3) is 0 Å². The SMILES string of the molecule is CCCCCCCc1ccc2cc(C3=CCC(CCCCC)CC3)ccc2c1. The first-order valence-electron chi connectivity index (χ1n) is 12.0. The van der Waals surface area contributed by atoms with Crippen LogP contribution in [0.4, 0.5) is 0 Å². The number of benzene rings is 2. The highest BCUT2D eigenvalue weighted by atomic mass is 14.2. The van der Waals surface area contributed by atoms with Crippen LogP contribution in [0.3, 0.4) is 0 Å². The van der Waals surface area contributed by atoms with Gasteiger partial charge in [-0.15, -0.1) is 0 Å². The Bertz CT molecular complexity index is 752. The smallest absolute Gasteiger partial charge is 0.0178 e. The van der Waals surface area contributed by atoms with Gasteiger partial charge in [0.05, 0.1) is 0 Å². The molecule has 0 bridgehead atoms. The average Bonchev–Trinajstić information content (AvgIpc) is 2.74. The molecule has 0 amide bonds. The van der Waals surface area contributed by atoms with E-state index in [1.807, 2.05) is 0 Å². The molecular formula is C28H40. The van der Waals surface area contributed by atoms with Gasteiger partial charge < -0.3 is 0 Å². The van der Waals surface area contributed by atoms with Crippen LogP contribution in [0.2, 0.25) is 0 Å². The van der Waals surface area contributed by atoms with Gasteiger partial charge in [0.1, 0.15) is 0 Å². The Kier molecular flexibility index (Phi) is 8.65. The van der Waals surface area contributed by atoms with Crippen molar-refractivity contribution in [3.8, 4) is 0 Å². The van der Waals surface area contributed by atoms with Crippen LogP contribution >= 0.6 is 0 Å². The van der Waals surface area contributed by atoms with E-state index >= 15 is 0 Å². The highest BCUT2D eigenvalue weighted by molar-refractivity contribution is 5.87. The van der Waals surface area contributed by atoms with Crippen molar-refractivity contribution in [2.75, 3.05) is 0 Å². The first-order chi connectivity index (χ1) is 13.8. The van der Waals surface area contributed by atoms with Crippen LogP contribution in [0.15, 0.2) is 42.5 Å². The lowest BCUT2D eigenvalue weighted by Gasteiger charge is -2.22. The predicted octanol–water partition coefficient (Wildman–Crippen LogP) is 9.12. The summed E-state index contributed by atoms with van der Waals surface area (Å²) in [7, 11) is 0. The largest absolute Gasteiger partial charge is 0.0804 e. The van der Waals surface area contributed by atoms with E-state index in [0.29, 0.717) is 0 Å². The van der Waals surface area contributed by atoms with Gasteiger partial charge in [-0.1, -0.05) is 102 Å². The zero-order valence-electron chi connectivity index (χ0n) is 18.3. The molecule has 3 rings (SSSR count). The summed E-state index contributed by atoms with van der Waals surface area (Å²) >= 11 is 0. The monoisotopic (exact) mass is 376 g/mol. The molecule has 1 atom stereocenters. The summed E-state index contributed by atoms with van der Waals surface area (Å²) in [5.74, 6) is 0.927. The van der Waals surface area contributed by atoms with E-state index in [1.54, 1.807) is 5.57 Å². The molecule has 0 saturated heterocycles. The van der Waals surface area contributed by atoms with Crippen molar-refractivity contribution in [3.05, 3.63) is 53.6 Å². The van der Waals surface area contributed by atoms with Gasteiger partial charge in [-0.05, 0) is 71.6 Å². The molecule has 0 heteroatoms. The van der Waals surface area contributed by atoms with Crippen LogP contribution in [0.25, 0.3) is 16.3 Å². The molecule has 0 aromatic heterocycles. The maximum atomic E-state index is 2.53. The van der Waals surface area contributed by atoms with Crippen LogP contribution in [0, 0.1) is 5.92 Å². The Morgan fingerprint density at radius 2 is 1.54 bits per heavy atom. The summed E-state index contributed by atoms with van der Waals surface area (Å²) < 4.78 is 0. The van der Waals surface area contributed by atoms with E-state index in [-0.39, 0.29) is 0 Å². The molecule has 1 aliphatic carbocycles. The third kappa shape index (κ3) is 6.23. The Hall–Kier alpha value is -1.56. The van der Waals surface area contributed by atoms with Crippen molar-refractivity contribution in [3.63, 3.8) is 0 Å². The van der Waals surface area contributed by atoms with Crippen molar-refractivity contribution in [1.82, 2.24) is 0 Å². The van der Waals surface area contributed by atoms with Crippen molar-refractivity contribution in [1.29, 1.82) is 0 Å². The van der Waals surface area contributed by atoms with E-state index in [4.69, 9.17) is 0 Å². The molecule has 0 heterocycles. The summed E-state index contributed by atoms with van der Waals surface area (Å²) in [5, 5.41) is 2.81. The highest BCUT2D eigenvalue weighted by Crippen LogP contribution is 2.34. The maximum absolute atomic E-state index is 2.53. The molecule has 2 aromatic rings. The first kappa shape index (κ1) is 21.2. The zero-order chi connectivity index (χ0) is 19.6. The topological polar surface area (TPSA) is 0 Å². The zero-order valence-corrected chi connectivity index (χ0v) is 18.3. The fraction of sp³-hybridized carbons (Fsp3) is 0.571. The summed E-state index contributed by atoms with van der Waals surface area (Å²) in [4.78, 5) is 0. The summed E-state index contributed by atoms with van der Waals surface area (Å²) in [5.41, 5.74) is 4.53. The van der Waals surface area contributed by atoms with Gasteiger partial charge in [0, 0.05) is 0 Å². The van der Waals surface area contributed by atoms with Crippen LogP contribution in [0.1, 0.15) is 102 Å². The van der Waals surface area contributed by atoms with Crippen LogP contribution in [-0.4, -0.2) is 0 Å². The Morgan fingerprint density at radius 3 is 2.32 bits per heavy atom. The van der Waals surface area contributed by atoms with E-state index < -0.39 is 0 Å². The van der Waals surface area contributed by atoms with Crippen LogP contribution < -0.4 is 0 Å². The standard InChI is InChI=1S/C28H40/c1-3-5-7-8-10-12-24-15-18-28-22-27(20-19-26(28)21-24)25-16-13-23(14-17-25)11-9-6-4-2/h15-16,18-23H,3-14,17H2,1-2H3. The maximum Gasteiger partial charge on any atom is -0.0178 e.